The summed E-state index contributed by atoms with van der Waals surface area (Å²) >= 11 is 1.99. The maximum absolute atomic E-state index is 5.42. The van der Waals surface area contributed by atoms with E-state index in [1.807, 2.05) is 18.7 Å². The highest BCUT2D eigenvalue weighted by Crippen LogP contribution is 2.15. The largest absolute Gasteiger partial charge is 0.338 e. The summed E-state index contributed by atoms with van der Waals surface area (Å²) in [4.78, 5) is 6.55. The molecule has 1 aliphatic rings. The molecule has 0 aromatic carbocycles. The van der Waals surface area contributed by atoms with E-state index in [4.69, 9.17) is 5.84 Å². The van der Waals surface area contributed by atoms with E-state index in [0.717, 1.165) is 30.6 Å². The molecule has 0 radical (unpaired) electrons. The third kappa shape index (κ3) is 2.77. The highest BCUT2D eigenvalue weighted by molar-refractivity contribution is 7.99. The van der Waals surface area contributed by atoms with Gasteiger partial charge in [0, 0.05) is 30.6 Å². The van der Waals surface area contributed by atoms with Crippen LogP contribution >= 0.6 is 11.8 Å². The predicted molar refractivity (Wildman–Crippen MR) is 58.8 cm³/mol. The first-order valence-corrected chi connectivity index (χ1v) is 5.80. The van der Waals surface area contributed by atoms with Gasteiger partial charge in [0.2, 0.25) is 5.96 Å². The molecule has 1 aliphatic heterocycles. The molecule has 76 valence electrons. The van der Waals surface area contributed by atoms with E-state index in [1.54, 1.807) is 0 Å². The Hall–Kier alpha value is -0.420. The van der Waals surface area contributed by atoms with Gasteiger partial charge in [-0.1, -0.05) is 0 Å². The van der Waals surface area contributed by atoms with E-state index >= 15 is 0 Å². The number of hydrogen-bond donors (Lipinski definition) is 2. The molecule has 0 aromatic rings. The van der Waals surface area contributed by atoms with Gasteiger partial charge in [0.25, 0.3) is 0 Å². The van der Waals surface area contributed by atoms with Gasteiger partial charge in [-0.15, -0.1) is 0 Å². The molecule has 1 saturated heterocycles. The van der Waals surface area contributed by atoms with Crippen molar-refractivity contribution in [2.24, 2.45) is 10.8 Å². The van der Waals surface area contributed by atoms with Crippen molar-refractivity contribution in [1.82, 2.24) is 10.3 Å². The number of thioether (sulfide) groups is 1. The zero-order valence-electron chi connectivity index (χ0n) is 8.29. The topological polar surface area (TPSA) is 53.6 Å². The molecule has 0 amide bonds. The Labute approximate surface area is 83.9 Å². The normalized spacial score (nSPS) is 24.7. The Kier molecular flexibility index (Phi) is 4.38. The average molecular weight is 202 g/mol. The SMILES string of the molecule is CCN=C(NN)N1CCSCC1C. The second-order valence-corrected chi connectivity index (χ2v) is 4.21. The monoisotopic (exact) mass is 202 g/mol. The molecular weight excluding hydrogens is 184 g/mol. The first kappa shape index (κ1) is 10.7. The summed E-state index contributed by atoms with van der Waals surface area (Å²) in [7, 11) is 0. The molecule has 0 aromatic heterocycles. The second-order valence-electron chi connectivity index (χ2n) is 3.06. The van der Waals surface area contributed by atoms with E-state index < -0.39 is 0 Å². The van der Waals surface area contributed by atoms with Crippen LogP contribution in [-0.4, -0.2) is 41.5 Å². The summed E-state index contributed by atoms with van der Waals surface area (Å²) < 4.78 is 0. The van der Waals surface area contributed by atoms with Gasteiger partial charge in [0.15, 0.2) is 0 Å². The lowest BCUT2D eigenvalue weighted by atomic mass is 10.3. The van der Waals surface area contributed by atoms with Gasteiger partial charge in [0.05, 0.1) is 0 Å². The summed E-state index contributed by atoms with van der Waals surface area (Å²) in [5.41, 5.74) is 2.67. The molecule has 4 nitrogen and oxygen atoms in total. The Bertz CT molecular complexity index is 183. The number of hydrazine groups is 1. The molecule has 5 heteroatoms. The number of nitrogens with two attached hydrogens (primary N) is 1. The van der Waals surface area contributed by atoms with Gasteiger partial charge in [0.1, 0.15) is 0 Å². The average Bonchev–Trinajstić information content (AvgIpc) is 2.16. The maximum atomic E-state index is 5.42. The zero-order chi connectivity index (χ0) is 9.68. The molecule has 0 spiro atoms. The van der Waals surface area contributed by atoms with Crippen molar-refractivity contribution in [2.45, 2.75) is 19.9 Å². The summed E-state index contributed by atoms with van der Waals surface area (Å²) in [5.74, 6) is 8.57. The number of nitrogens with one attached hydrogen (secondary N) is 1. The molecule has 3 N–H and O–H groups in total. The zero-order valence-corrected chi connectivity index (χ0v) is 9.10. The van der Waals surface area contributed by atoms with E-state index in [0.29, 0.717) is 6.04 Å². The van der Waals surface area contributed by atoms with Crippen LogP contribution in [0.3, 0.4) is 0 Å². The van der Waals surface area contributed by atoms with E-state index in [2.05, 4.69) is 22.2 Å². The molecule has 1 unspecified atom stereocenters. The molecule has 0 saturated carbocycles. The van der Waals surface area contributed by atoms with Gasteiger partial charge in [-0.3, -0.25) is 10.4 Å². The molecule has 1 heterocycles. The van der Waals surface area contributed by atoms with Crippen LogP contribution in [0.5, 0.6) is 0 Å². The van der Waals surface area contributed by atoms with Crippen molar-refractivity contribution < 1.29 is 0 Å². The lowest BCUT2D eigenvalue weighted by Gasteiger charge is -2.34. The van der Waals surface area contributed by atoms with Crippen LogP contribution in [0.1, 0.15) is 13.8 Å². The van der Waals surface area contributed by atoms with Crippen molar-refractivity contribution in [3.8, 4) is 0 Å². The van der Waals surface area contributed by atoms with Crippen molar-refractivity contribution in [3.63, 3.8) is 0 Å². The van der Waals surface area contributed by atoms with Gasteiger partial charge < -0.3 is 4.90 Å². The van der Waals surface area contributed by atoms with Crippen LogP contribution in [0, 0.1) is 0 Å². The molecule has 0 bridgehead atoms. The predicted octanol–water partition coefficient (Wildman–Crippen LogP) is 0.263. The molecule has 1 atom stereocenters. The van der Waals surface area contributed by atoms with E-state index in [-0.39, 0.29) is 0 Å². The highest BCUT2D eigenvalue weighted by atomic mass is 32.2. The number of nitrogens with zero attached hydrogens (tertiary/aromatic N) is 2. The van der Waals surface area contributed by atoms with Crippen molar-refractivity contribution >= 4 is 17.7 Å². The van der Waals surface area contributed by atoms with Crippen molar-refractivity contribution in [2.75, 3.05) is 24.6 Å². The first-order chi connectivity index (χ1) is 6.29. The minimum atomic E-state index is 0.528. The second kappa shape index (κ2) is 5.34. The fraction of sp³-hybridized carbons (Fsp3) is 0.875. The lowest BCUT2D eigenvalue weighted by molar-refractivity contribution is 0.352. The molecule has 1 rings (SSSR count). The minimum absolute atomic E-state index is 0.528. The van der Waals surface area contributed by atoms with E-state index in [1.165, 1.54) is 0 Å². The third-order valence-electron chi connectivity index (χ3n) is 2.08. The maximum Gasteiger partial charge on any atom is 0.208 e. The smallest absolute Gasteiger partial charge is 0.208 e. The Morgan fingerprint density at radius 1 is 1.77 bits per heavy atom. The highest BCUT2D eigenvalue weighted by Gasteiger charge is 2.20. The number of aliphatic imine (C=N–C) groups is 1. The number of hydrogen-bond acceptors (Lipinski definition) is 3. The molecule has 13 heavy (non-hydrogen) atoms. The lowest BCUT2D eigenvalue weighted by Crippen LogP contribution is -2.52. The number of guanidine groups is 1. The molecular formula is C8H18N4S. The molecule has 0 aliphatic carbocycles. The standard InChI is InChI=1S/C8H18N4S/c1-3-10-8(11-9)12-4-5-13-6-7(12)2/h7H,3-6,9H2,1-2H3,(H,10,11). The summed E-state index contributed by atoms with van der Waals surface area (Å²) in [5, 5.41) is 0. The van der Waals surface area contributed by atoms with Crippen LogP contribution in [0.15, 0.2) is 4.99 Å². The summed E-state index contributed by atoms with van der Waals surface area (Å²) in [6.07, 6.45) is 0. The van der Waals surface area contributed by atoms with Gasteiger partial charge >= 0.3 is 0 Å². The third-order valence-corrected chi connectivity index (χ3v) is 3.27. The first-order valence-electron chi connectivity index (χ1n) is 4.65. The Morgan fingerprint density at radius 2 is 2.54 bits per heavy atom. The van der Waals surface area contributed by atoms with Gasteiger partial charge in [-0.05, 0) is 13.8 Å². The fourth-order valence-electron chi connectivity index (χ4n) is 1.41. The van der Waals surface area contributed by atoms with Crippen LogP contribution in [-0.2, 0) is 0 Å². The van der Waals surface area contributed by atoms with Gasteiger partial charge in [-0.25, -0.2) is 5.84 Å². The fourth-order valence-corrected chi connectivity index (χ4v) is 2.42. The van der Waals surface area contributed by atoms with Gasteiger partial charge in [-0.2, -0.15) is 11.8 Å². The van der Waals surface area contributed by atoms with Crippen LogP contribution in [0.25, 0.3) is 0 Å². The van der Waals surface area contributed by atoms with Crippen molar-refractivity contribution in [1.29, 1.82) is 0 Å². The van der Waals surface area contributed by atoms with Crippen LogP contribution in [0.4, 0.5) is 0 Å². The van der Waals surface area contributed by atoms with Crippen LogP contribution < -0.4 is 11.3 Å². The van der Waals surface area contributed by atoms with E-state index in [9.17, 15) is 0 Å². The Balaban J connectivity index is 2.60. The molecule has 1 fully saturated rings. The summed E-state index contributed by atoms with van der Waals surface area (Å²) in [6.45, 7) is 6.03. The van der Waals surface area contributed by atoms with Crippen LogP contribution in [0.2, 0.25) is 0 Å². The minimum Gasteiger partial charge on any atom is -0.338 e. The quantitative estimate of drug-likeness (QED) is 0.277. The summed E-state index contributed by atoms with van der Waals surface area (Å²) in [6, 6.07) is 0.528. The Morgan fingerprint density at radius 3 is 3.08 bits per heavy atom. The van der Waals surface area contributed by atoms with Crippen molar-refractivity contribution in [3.05, 3.63) is 0 Å². The number of rotatable bonds is 1.